The fraction of sp³-hybridized carbons (Fsp3) is 0.182. The summed E-state index contributed by atoms with van der Waals surface area (Å²) in [5.41, 5.74) is 0.905. The second-order valence-electron chi connectivity index (χ2n) is 2.92. The molecule has 1 aromatic rings. The van der Waals surface area contributed by atoms with Crippen LogP contribution in [0.3, 0.4) is 0 Å². The zero-order chi connectivity index (χ0) is 11.3. The Labute approximate surface area is 97.9 Å². The highest BCUT2D eigenvalue weighted by molar-refractivity contribution is 8.13. The second kappa shape index (κ2) is 5.83. The van der Waals surface area contributed by atoms with Crippen molar-refractivity contribution in [3.8, 4) is 5.75 Å². The van der Waals surface area contributed by atoms with Gasteiger partial charge in [-0.2, -0.15) is 0 Å². The van der Waals surface area contributed by atoms with E-state index in [1.807, 2.05) is 12.2 Å². The van der Waals surface area contributed by atoms with Crippen molar-refractivity contribution in [1.82, 2.24) is 0 Å². The highest BCUT2D eigenvalue weighted by Gasteiger charge is 1.97. The number of halogens is 1. The lowest BCUT2D eigenvalue weighted by molar-refractivity contribution is -0.109. The van der Waals surface area contributed by atoms with Crippen LogP contribution < -0.4 is 0 Å². The minimum Gasteiger partial charge on any atom is -0.506 e. The first-order valence-electron chi connectivity index (χ1n) is 4.38. The summed E-state index contributed by atoms with van der Waals surface area (Å²) in [5, 5.41) is 9.61. The highest BCUT2D eigenvalue weighted by atomic mass is 35.5. The largest absolute Gasteiger partial charge is 0.506 e. The van der Waals surface area contributed by atoms with Crippen molar-refractivity contribution < 1.29 is 9.90 Å². The number of carbonyl (C=O) groups is 1. The van der Waals surface area contributed by atoms with Gasteiger partial charge in [-0.3, -0.25) is 4.79 Å². The molecule has 1 rings (SSSR count). The molecule has 1 N–H and O–H groups in total. The zero-order valence-electron chi connectivity index (χ0n) is 8.24. The maximum absolute atomic E-state index is 10.6. The monoisotopic (exact) mass is 242 g/mol. The number of phenols is 1. The summed E-state index contributed by atoms with van der Waals surface area (Å²) in [6.45, 7) is 1.54. The molecule has 0 heterocycles. The average molecular weight is 243 g/mol. The lowest BCUT2D eigenvalue weighted by Crippen LogP contribution is -1.81. The predicted octanol–water partition coefficient (Wildman–Crippen LogP) is 3.34. The minimum atomic E-state index is 0.0759. The van der Waals surface area contributed by atoms with Crippen molar-refractivity contribution in [2.45, 2.75) is 6.92 Å². The Balaban J connectivity index is 2.57. The van der Waals surface area contributed by atoms with Crippen LogP contribution in [0.15, 0.2) is 24.3 Å². The molecule has 0 unspecified atom stereocenters. The van der Waals surface area contributed by atoms with Crippen LogP contribution in [0, 0.1) is 0 Å². The molecule has 0 saturated carbocycles. The molecule has 1 aromatic carbocycles. The molecule has 80 valence electrons. The molecule has 0 fully saturated rings. The van der Waals surface area contributed by atoms with E-state index in [9.17, 15) is 9.90 Å². The molecule has 0 radical (unpaired) electrons. The molecular weight excluding hydrogens is 232 g/mol. The van der Waals surface area contributed by atoms with Gasteiger partial charge in [0.1, 0.15) is 5.75 Å². The van der Waals surface area contributed by atoms with Crippen LogP contribution in [0.5, 0.6) is 5.75 Å². The van der Waals surface area contributed by atoms with Gasteiger partial charge in [0.05, 0.1) is 5.02 Å². The van der Waals surface area contributed by atoms with Crippen molar-refractivity contribution in [2.24, 2.45) is 0 Å². The van der Waals surface area contributed by atoms with Gasteiger partial charge in [-0.25, -0.2) is 0 Å². The molecule has 2 nitrogen and oxygen atoms in total. The fourth-order valence-electron chi connectivity index (χ4n) is 0.976. The number of hydrogen-bond acceptors (Lipinski definition) is 3. The van der Waals surface area contributed by atoms with Gasteiger partial charge < -0.3 is 5.11 Å². The van der Waals surface area contributed by atoms with Crippen LogP contribution in [0.2, 0.25) is 5.02 Å². The third-order valence-electron chi connectivity index (χ3n) is 1.66. The molecule has 0 spiro atoms. The van der Waals surface area contributed by atoms with Crippen LogP contribution in [0.25, 0.3) is 6.08 Å². The first-order chi connectivity index (χ1) is 7.09. The third kappa shape index (κ3) is 4.40. The fourth-order valence-corrected chi connectivity index (χ4v) is 1.59. The van der Waals surface area contributed by atoms with Gasteiger partial charge in [0.25, 0.3) is 0 Å². The number of thioether (sulfide) groups is 1. The van der Waals surface area contributed by atoms with Crippen molar-refractivity contribution in [1.29, 1.82) is 0 Å². The topological polar surface area (TPSA) is 37.3 Å². The summed E-state index contributed by atoms with van der Waals surface area (Å²) in [6, 6.07) is 4.97. The maximum atomic E-state index is 10.6. The van der Waals surface area contributed by atoms with E-state index >= 15 is 0 Å². The summed E-state index contributed by atoms with van der Waals surface area (Å²) in [5.74, 6) is 0.723. The van der Waals surface area contributed by atoms with Crippen molar-refractivity contribution >= 4 is 34.6 Å². The summed E-state index contributed by atoms with van der Waals surface area (Å²) in [7, 11) is 0. The van der Waals surface area contributed by atoms with Crippen molar-refractivity contribution in [3.63, 3.8) is 0 Å². The average Bonchev–Trinajstić information content (AvgIpc) is 2.18. The number of aromatic hydroxyl groups is 1. The van der Waals surface area contributed by atoms with E-state index in [4.69, 9.17) is 11.6 Å². The molecule has 0 aliphatic carbocycles. The SMILES string of the molecule is CC(=O)SCC=Cc1ccc(O)c(Cl)c1. The van der Waals surface area contributed by atoms with E-state index in [2.05, 4.69) is 0 Å². The summed E-state index contributed by atoms with van der Waals surface area (Å²) in [4.78, 5) is 10.6. The van der Waals surface area contributed by atoms with Crippen LogP contribution in [0.4, 0.5) is 0 Å². The molecule has 0 aliphatic heterocycles. The Hall–Kier alpha value is -0.930. The first-order valence-corrected chi connectivity index (χ1v) is 5.74. The first kappa shape index (κ1) is 12.1. The van der Waals surface area contributed by atoms with E-state index in [0.29, 0.717) is 10.8 Å². The smallest absolute Gasteiger partial charge is 0.186 e. The van der Waals surface area contributed by atoms with E-state index in [1.165, 1.54) is 18.7 Å². The molecule has 0 amide bonds. The van der Waals surface area contributed by atoms with Crippen molar-refractivity contribution in [3.05, 3.63) is 34.9 Å². The molecule has 15 heavy (non-hydrogen) atoms. The van der Waals surface area contributed by atoms with Gasteiger partial charge in [0.15, 0.2) is 5.12 Å². The van der Waals surface area contributed by atoms with E-state index < -0.39 is 0 Å². The number of carbonyl (C=O) groups excluding carboxylic acids is 1. The molecule has 0 aromatic heterocycles. The Morgan fingerprint density at radius 2 is 2.33 bits per heavy atom. The van der Waals surface area contributed by atoms with Crippen LogP contribution in [-0.2, 0) is 4.79 Å². The van der Waals surface area contributed by atoms with Gasteiger partial charge in [-0.1, -0.05) is 41.6 Å². The molecule has 4 heteroatoms. The summed E-state index contributed by atoms with van der Waals surface area (Å²) in [6.07, 6.45) is 3.75. The molecular formula is C11H11ClO2S. The predicted molar refractivity (Wildman–Crippen MR) is 65.3 cm³/mol. The minimum absolute atomic E-state index is 0.0759. The van der Waals surface area contributed by atoms with Gasteiger partial charge >= 0.3 is 0 Å². The lowest BCUT2D eigenvalue weighted by atomic mass is 10.2. The molecule has 0 atom stereocenters. The van der Waals surface area contributed by atoms with Crippen LogP contribution >= 0.6 is 23.4 Å². The van der Waals surface area contributed by atoms with Gasteiger partial charge in [-0.05, 0) is 17.7 Å². The Morgan fingerprint density at radius 1 is 1.60 bits per heavy atom. The Bertz CT molecular complexity index is 388. The standard InChI is InChI=1S/C11H11ClO2S/c1-8(13)15-6-2-3-9-4-5-11(14)10(12)7-9/h2-5,7,14H,6H2,1H3. The van der Waals surface area contributed by atoms with E-state index in [-0.39, 0.29) is 10.9 Å². The number of hydrogen-bond donors (Lipinski definition) is 1. The Morgan fingerprint density at radius 3 is 2.93 bits per heavy atom. The van der Waals surface area contributed by atoms with Gasteiger partial charge in [-0.15, -0.1) is 0 Å². The van der Waals surface area contributed by atoms with Gasteiger partial charge in [0, 0.05) is 12.7 Å². The van der Waals surface area contributed by atoms with Gasteiger partial charge in [0.2, 0.25) is 0 Å². The third-order valence-corrected chi connectivity index (χ3v) is 2.73. The van der Waals surface area contributed by atoms with Crippen molar-refractivity contribution in [2.75, 3.05) is 5.75 Å². The normalized spacial score (nSPS) is 10.8. The van der Waals surface area contributed by atoms with Crippen LogP contribution in [0.1, 0.15) is 12.5 Å². The molecule has 0 saturated heterocycles. The summed E-state index contributed by atoms with van der Waals surface area (Å²) >= 11 is 6.98. The summed E-state index contributed by atoms with van der Waals surface area (Å²) < 4.78 is 0. The molecule has 0 aliphatic rings. The quantitative estimate of drug-likeness (QED) is 0.883. The van der Waals surface area contributed by atoms with E-state index in [0.717, 1.165) is 5.56 Å². The second-order valence-corrected chi connectivity index (χ2v) is 4.52. The number of phenolic OH excluding ortho intramolecular Hbond substituents is 1. The number of benzene rings is 1. The lowest BCUT2D eigenvalue weighted by Gasteiger charge is -1.97. The van der Waals surface area contributed by atoms with Crippen LogP contribution in [-0.4, -0.2) is 16.0 Å². The number of rotatable bonds is 3. The highest BCUT2D eigenvalue weighted by Crippen LogP contribution is 2.24. The zero-order valence-corrected chi connectivity index (χ0v) is 9.81. The molecule has 0 bridgehead atoms. The Kier molecular flexibility index (Phi) is 4.72. The van der Waals surface area contributed by atoms with E-state index in [1.54, 1.807) is 18.2 Å². The maximum Gasteiger partial charge on any atom is 0.186 e.